The van der Waals surface area contributed by atoms with E-state index in [1.807, 2.05) is 12.1 Å². The quantitative estimate of drug-likeness (QED) is 0.772. The van der Waals surface area contributed by atoms with Gasteiger partial charge in [-0.25, -0.2) is 9.98 Å². The summed E-state index contributed by atoms with van der Waals surface area (Å²) in [6, 6.07) is 16.6. The second-order valence-corrected chi connectivity index (χ2v) is 6.50. The van der Waals surface area contributed by atoms with Crippen LogP contribution in [0, 0.1) is 11.8 Å². The first-order valence-electron chi connectivity index (χ1n) is 8.44. The Morgan fingerprint density at radius 3 is 1.46 bits per heavy atom. The van der Waals surface area contributed by atoms with Crippen LogP contribution in [0.2, 0.25) is 0 Å². The molecule has 0 aliphatic carbocycles. The Morgan fingerprint density at radius 1 is 0.583 bits per heavy atom. The first-order valence-corrected chi connectivity index (χ1v) is 8.44. The Morgan fingerprint density at radius 2 is 1.00 bits per heavy atom. The summed E-state index contributed by atoms with van der Waals surface area (Å²) >= 11 is 0. The van der Waals surface area contributed by atoms with Crippen LogP contribution in [0.25, 0.3) is 12.2 Å². The average molecular weight is 312 g/mol. The molecule has 0 radical (unpaired) electrons. The third-order valence-corrected chi connectivity index (χ3v) is 4.34. The Bertz CT molecular complexity index is 998. The Kier molecular flexibility index (Phi) is 3.73. The predicted octanol–water partition coefficient (Wildman–Crippen LogP) is 2.25. The Labute approximate surface area is 141 Å². The average Bonchev–Trinajstić information content (AvgIpc) is 2.84. The largest absolute Gasteiger partial charge is 0.246 e. The molecule has 2 unspecified atom stereocenters. The maximum Gasteiger partial charge on any atom is 0.0856 e. The summed E-state index contributed by atoms with van der Waals surface area (Å²) in [6.07, 6.45) is 8.92. The molecule has 2 aromatic rings. The van der Waals surface area contributed by atoms with Gasteiger partial charge in [0.25, 0.3) is 0 Å². The number of allylic oxidation sites excluding steroid dienone is 2. The molecule has 2 nitrogen and oxygen atoms in total. The van der Waals surface area contributed by atoms with Crippen molar-refractivity contribution in [3.63, 3.8) is 0 Å². The summed E-state index contributed by atoms with van der Waals surface area (Å²) in [5.74, 6) is 0.641. The molecule has 0 aromatic heterocycles. The zero-order valence-corrected chi connectivity index (χ0v) is 14.0. The van der Waals surface area contributed by atoms with Crippen molar-refractivity contribution in [3.8, 4) is 0 Å². The molecule has 2 heteroatoms. The first kappa shape index (κ1) is 14.8. The van der Waals surface area contributed by atoms with Crippen molar-refractivity contribution in [1.29, 1.82) is 0 Å². The van der Waals surface area contributed by atoms with Gasteiger partial charge >= 0.3 is 0 Å². The van der Waals surface area contributed by atoms with E-state index >= 15 is 0 Å². The van der Waals surface area contributed by atoms with Gasteiger partial charge < -0.3 is 0 Å². The minimum atomic E-state index is 0.321. The number of hydrogen-bond donors (Lipinski definition) is 0. The molecule has 0 spiro atoms. The van der Waals surface area contributed by atoms with E-state index in [9.17, 15) is 0 Å². The molecule has 24 heavy (non-hydrogen) atoms. The van der Waals surface area contributed by atoms with Crippen LogP contribution in [0.3, 0.4) is 0 Å². The second kappa shape index (κ2) is 6.04. The zero-order chi connectivity index (χ0) is 16.5. The van der Waals surface area contributed by atoms with E-state index in [4.69, 9.17) is 9.98 Å². The fraction of sp³-hybridized carbons (Fsp3) is 0.182. The highest BCUT2D eigenvalue weighted by Gasteiger charge is 2.11. The molecule has 0 saturated carbocycles. The molecule has 0 bridgehead atoms. The number of fused-ring (bicyclic) bond motifs is 2. The molecular formula is C22H20N2. The molecule has 2 aliphatic heterocycles. The van der Waals surface area contributed by atoms with Gasteiger partial charge in [-0.05, 0) is 46.6 Å². The van der Waals surface area contributed by atoms with E-state index in [-0.39, 0.29) is 0 Å². The summed E-state index contributed by atoms with van der Waals surface area (Å²) in [7, 11) is 0. The smallest absolute Gasteiger partial charge is 0.0856 e. The fourth-order valence-corrected chi connectivity index (χ4v) is 3.24. The van der Waals surface area contributed by atoms with Crippen LogP contribution in [-0.4, -0.2) is 0 Å². The monoisotopic (exact) mass is 312 g/mol. The van der Waals surface area contributed by atoms with Crippen LogP contribution in [0.15, 0.2) is 82.1 Å². The van der Waals surface area contributed by atoms with Crippen LogP contribution >= 0.6 is 0 Å². The van der Waals surface area contributed by atoms with Gasteiger partial charge in [0.1, 0.15) is 0 Å². The third kappa shape index (κ3) is 2.88. The van der Waals surface area contributed by atoms with E-state index < -0.39 is 0 Å². The molecule has 0 amide bonds. The van der Waals surface area contributed by atoms with Gasteiger partial charge in [-0.15, -0.1) is 0 Å². The number of nitrogens with zero attached hydrogens (tertiary/aromatic N) is 2. The lowest BCUT2D eigenvalue weighted by Gasteiger charge is -2.05. The van der Waals surface area contributed by atoms with Crippen LogP contribution in [0.1, 0.15) is 13.8 Å². The molecule has 4 rings (SSSR count). The van der Waals surface area contributed by atoms with Gasteiger partial charge in [-0.3, -0.25) is 0 Å². The summed E-state index contributed by atoms with van der Waals surface area (Å²) in [5, 5.41) is 4.40. The topological polar surface area (TPSA) is 24.7 Å². The van der Waals surface area contributed by atoms with Gasteiger partial charge in [0, 0.05) is 0 Å². The number of hydrogen-bond acceptors (Lipinski definition) is 2. The van der Waals surface area contributed by atoms with Crippen molar-refractivity contribution >= 4 is 12.2 Å². The molecule has 2 heterocycles. The normalized spacial score (nSPS) is 21.9. The number of rotatable bonds is 1. The summed E-state index contributed by atoms with van der Waals surface area (Å²) in [5.41, 5.74) is 1.92. The SMILES string of the molecule is CC1C=C(C2=CC(C)C=c3ccccc3=N2)N=c2ccccc2=C1. The van der Waals surface area contributed by atoms with Crippen molar-refractivity contribution in [2.75, 3.05) is 0 Å². The molecule has 0 fully saturated rings. The summed E-state index contributed by atoms with van der Waals surface area (Å²) in [4.78, 5) is 9.83. The minimum Gasteiger partial charge on any atom is -0.246 e. The molecule has 2 aromatic carbocycles. The highest BCUT2D eigenvalue weighted by molar-refractivity contribution is 5.43. The lowest BCUT2D eigenvalue weighted by atomic mass is 10.1. The molecular weight excluding hydrogens is 292 g/mol. The predicted molar refractivity (Wildman–Crippen MR) is 97.9 cm³/mol. The van der Waals surface area contributed by atoms with Crippen LogP contribution in [0.4, 0.5) is 0 Å². The van der Waals surface area contributed by atoms with Crippen molar-refractivity contribution in [2.45, 2.75) is 13.8 Å². The first-order chi connectivity index (χ1) is 11.7. The standard InChI is InChI=1S/C22H20N2/c1-15-11-17-7-3-5-9-19(17)23-21(13-15)22-14-16(2)12-18-8-4-6-10-20(18)24-22/h3-16H,1-2H3. The summed E-state index contributed by atoms with van der Waals surface area (Å²) in [6.45, 7) is 4.39. The third-order valence-electron chi connectivity index (χ3n) is 4.34. The molecule has 0 saturated heterocycles. The van der Waals surface area contributed by atoms with Crippen LogP contribution < -0.4 is 21.2 Å². The van der Waals surface area contributed by atoms with Gasteiger partial charge in [-0.2, -0.15) is 0 Å². The van der Waals surface area contributed by atoms with Crippen molar-refractivity contribution in [3.05, 3.63) is 93.2 Å². The highest BCUT2D eigenvalue weighted by Crippen LogP contribution is 2.20. The number of benzene rings is 2. The van der Waals surface area contributed by atoms with Crippen LogP contribution in [0.5, 0.6) is 0 Å². The minimum absolute atomic E-state index is 0.321. The van der Waals surface area contributed by atoms with Gasteiger partial charge in [-0.1, -0.05) is 62.4 Å². The van der Waals surface area contributed by atoms with E-state index in [0.717, 1.165) is 22.1 Å². The zero-order valence-electron chi connectivity index (χ0n) is 14.0. The number of para-hydroxylation sites is 2. The molecule has 2 aliphatic rings. The lowest BCUT2D eigenvalue weighted by molar-refractivity contribution is 0.953. The van der Waals surface area contributed by atoms with Crippen molar-refractivity contribution in [2.24, 2.45) is 21.8 Å². The van der Waals surface area contributed by atoms with E-state index in [1.165, 1.54) is 10.4 Å². The van der Waals surface area contributed by atoms with Gasteiger partial charge in [0.2, 0.25) is 0 Å². The maximum absolute atomic E-state index is 4.92. The van der Waals surface area contributed by atoms with Gasteiger partial charge in [0.05, 0.1) is 22.1 Å². The highest BCUT2D eigenvalue weighted by atomic mass is 14.9. The van der Waals surface area contributed by atoms with E-state index in [1.54, 1.807) is 0 Å². The van der Waals surface area contributed by atoms with Gasteiger partial charge in [0.15, 0.2) is 0 Å². The van der Waals surface area contributed by atoms with E-state index in [0.29, 0.717) is 11.8 Å². The Hall–Kier alpha value is -2.74. The van der Waals surface area contributed by atoms with Crippen molar-refractivity contribution in [1.82, 2.24) is 0 Å². The van der Waals surface area contributed by atoms with Crippen LogP contribution in [-0.2, 0) is 0 Å². The molecule has 2 atom stereocenters. The second-order valence-electron chi connectivity index (χ2n) is 6.50. The van der Waals surface area contributed by atoms with E-state index in [2.05, 4.69) is 74.5 Å². The fourth-order valence-electron chi connectivity index (χ4n) is 3.24. The maximum atomic E-state index is 4.92. The summed E-state index contributed by atoms with van der Waals surface area (Å²) < 4.78 is 0. The lowest BCUT2D eigenvalue weighted by Crippen LogP contribution is -2.24. The molecule has 118 valence electrons. The van der Waals surface area contributed by atoms with Crippen molar-refractivity contribution < 1.29 is 0 Å². The Balaban J connectivity index is 1.92. The molecule has 0 N–H and O–H groups in total.